The number of carbonyl (C=O) groups is 1. The van der Waals surface area contributed by atoms with E-state index in [-0.39, 0.29) is 34.0 Å². The van der Waals surface area contributed by atoms with E-state index in [4.69, 9.17) is 15.2 Å². The fourth-order valence-corrected chi connectivity index (χ4v) is 9.46. The standard InChI is InChI=1S/C36H36F2IN5O5S/c1-21-15-24(49-32-6-4-3-5-28(32)39-2)7-10-31(21)44-36(40)27(19-41-44)35(45)30-16-23-17-33(48-20-34(37)38)26(18-29(23)42-30)22-11-13-43(14-12-22)50(46,47)25-8-9-25/h3-7,10,15-19,22,25,34,42H,2,8-9,11-14,20,40H2,1H3. The number of ether oxygens (including phenoxy) is 2. The number of alkyl halides is 2. The van der Waals surface area contributed by atoms with Gasteiger partial charge in [0.15, 0.2) is 0 Å². The molecule has 2 fully saturated rings. The van der Waals surface area contributed by atoms with Crippen LogP contribution in [-0.2, 0) is 10.0 Å². The van der Waals surface area contributed by atoms with E-state index in [0.717, 1.165) is 14.9 Å². The molecular weight excluding hydrogens is 779 g/mol. The number of carbonyl (C=O) groups excluding carboxylic acids is 1. The highest BCUT2D eigenvalue weighted by Crippen LogP contribution is 2.40. The van der Waals surface area contributed by atoms with Crippen molar-refractivity contribution in [1.82, 2.24) is 19.1 Å². The SMILES string of the molecule is C=Ic1ccccc1Oc1ccc(-n2ncc(C(=O)c3cc4cc(OCC(F)F)c(C5CCN(S(=O)(=O)C6CC6)CC5)cc4[nH]3)c2N)c(C)c1. The highest BCUT2D eigenvalue weighted by molar-refractivity contribution is 14.2. The van der Waals surface area contributed by atoms with Crippen molar-refractivity contribution in [2.75, 3.05) is 25.4 Å². The third kappa shape index (κ3) is 6.80. The summed E-state index contributed by atoms with van der Waals surface area (Å²) < 4.78 is 71.9. The number of nitrogen functional groups attached to an aromatic ring is 1. The number of para-hydroxylation sites is 1. The number of nitrogens with zero attached hydrogens (tertiary/aromatic N) is 3. The molecular formula is C36H36F2IN5O5S. The van der Waals surface area contributed by atoms with E-state index in [0.29, 0.717) is 72.4 Å². The molecule has 3 heterocycles. The molecule has 262 valence electrons. The number of aryl methyl sites for hydroxylation is 1. The number of rotatable bonds is 12. The second-order valence-corrected chi connectivity index (χ2v) is 16.7. The maximum Gasteiger partial charge on any atom is 0.272 e. The minimum Gasteiger partial charge on any atom is -0.487 e. The summed E-state index contributed by atoms with van der Waals surface area (Å²) in [6.45, 7) is 1.84. The molecule has 14 heteroatoms. The number of H-pyrrole nitrogens is 1. The summed E-state index contributed by atoms with van der Waals surface area (Å²) in [5.74, 6) is 1.40. The van der Waals surface area contributed by atoms with Gasteiger partial charge in [-0.1, -0.05) is 37.4 Å². The maximum atomic E-state index is 13.8. The van der Waals surface area contributed by atoms with E-state index in [2.05, 4.69) is 14.6 Å². The molecule has 1 saturated heterocycles. The van der Waals surface area contributed by atoms with Crippen LogP contribution in [0.2, 0.25) is 0 Å². The number of aromatic amines is 1. The lowest BCUT2D eigenvalue weighted by atomic mass is 9.89. The average molecular weight is 816 g/mol. The number of sulfonamides is 1. The smallest absolute Gasteiger partial charge is 0.272 e. The molecule has 2 aromatic heterocycles. The topological polar surface area (TPSA) is 133 Å². The van der Waals surface area contributed by atoms with Crippen molar-refractivity contribution in [3.8, 4) is 22.9 Å². The summed E-state index contributed by atoms with van der Waals surface area (Å²) in [5.41, 5.74) is 9.81. The van der Waals surface area contributed by atoms with E-state index in [1.54, 1.807) is 16.4 Å². The lowest BCUT2D eigenvalue weighted by Crippen LogP contribution is -2.39. The van der Waals surface area contributed by atoms with Gasteiger partial charge in [-0.15, -0.1) is 0 Å². The van der Waals surface area contributed by atoms with Crippen molar-refractivity contribution in [3.05, 3.63) is 92.8 Å². The minimum atomic E-state index is -3.30. The summed E-state index contributed by atoms with van der Waals surface area (Å²) in [4.78, 5) is 17.0. The largest absolute Gasteiger partial charge is 0.487 e. The molecule has 1 aliphatic carbocycles. The summed E-state index contributed by atoms with van der Waals surface area (Å²) in [6.07, 6.45) is 1.20. The molecule has 0 bridgehead atoms. The van der Waals surface area contributed by atoms with Gasteiger partial charge in [0, 0.05) is 27.6 Å². The van der Waals surface area contributed by atoms with Crippen LogP contribution < -0.4 is 15.2 Å². The van der Waals surface area contributed by atoms with Gasteiger partial charge in [0.05, 0.1) is 28.4 Å². The van der Waals surface area contributed by atoms with Crippen LogP contribution in [0, 0.1) is 10.5 Å². The van der Waals surface area contributed by atoms with Crippen LogP contribution >= 0.6 is 20.7 Å². The number of anilines is 1. The van der Waals surface area contributed by atoms with Crippen molar-refractivity contribution < 1.29 is 31.5 Å². The number of piperidine rings is 1. The zero-order chi connectivity index (χ0) is 35.2. The van der Waals surface area contributed by atoms with Crippen LogP contribution in [-0.4, -0.2) is 69.2 Å². The van der Waals surface area contributed by atoms with Crippen molar-refractivity contribution in [3.63, 3.8) is 0 Å². The maximum absolute atomic E-state index is 13.8. The predicted molar refractivity (Wildman–Crippen MR) is 198 cm³/mol. The van der Waals surface area contributed by atoms with Crippen molar-refractivity contribution in [2.45, 2.75) is 50.2 Å². The van der Waals surface area contributed by atoms with Crippen LogP contribution in [0.1, 0.15) is 58.8 Å². The Morgan fingerprint density at radius 1 is 1.08 bits per heavy atom. The van der Waals surface area contributed by atoms with Crippen LogP contribution in [0.4, 0.5) is 14.6 Å². The van der Waals surface area contributed by atoms with Gasteiger partial charge < -0.3 is 20.2 Å². The molecule has 3 aromatic carbocycles. The Labute approximate surface area is 298 Å². The molecule has 0 spiro atoms. The molecule has 5 aromatic rings. The van der Waals surface area contributed by atoms with Gasteiger partial charge in [-0.2, -0.15) is 5.10 Å². The number of hydrogen-bond acceptors (Lipinski definition) is 7. The van der Waals surface area contributed by atoms with Crippen molar-refractivity contribution in [1.29, 1.82) is 0 Å². The molecule has 0 amide bonds. The van der Waals surface area contributed by atoms with Gasteiger partial charge in [0.2, 0.25) is 15.8 Å². The average Bonchev–Trinajstić information content (AvgIpc) is 3.80. The Kier molecular flexibility index (Phi) is 9.52. The van der Waals surface area contributed by atoms with Gasteiger partial charge in [-0.05, 0) is 98.2 Å². The number of ketones is 1. The second-order valence-electron chi connectivity index (χ2n) is 12.6. The van der Waals surface area contributed by atoms with E-state index in [1.165, 1.54) is 10.9 Å². The number of benzene rings is 3. The Morgan fingerprint density at radius 3 is 2.54 bits per heavy atom. The first-order valence-corrected chi connectivity index (χ1v) is 20.3. The number of aromatic nitrogens is 3. The molecule has 1 aliphatic heterocycles. The molecule has 0 unspecified atom stereocenters. The molecule has 0 atom stereocenters. The van der Waals surface area contributed by atoms with Gasteiger partial charge in [-0.3, -0.25) is 4.79 Å². The van der Waals surface area contributed by atoms with E-state index in [9.17, 15) is 22.0 Å². The highest BCUT2D eigenvalue weighted by Gasteiger charge is 2.41. The summed E-state index contributed by atoms with van der Waals surface area (Å²) >= 11 is -0.407. The number of halogens is 3. The van der Waals surface area contributed by atoms with Crippen LogP contribution in [0.15, 0.2) is 66.9 Å². The number of fused-ring (bicyclic) bond motifs is 1. The van der Waals surface area contributed by atoms with E-state index < -0.39 is 43.8 Å². The van der Waals surface area contributed by atoms with Crippen molar-refractivity contribution in [2.24, 2.45) is 0 Å². The van der Waals surface area contributed by atoms with E-state index >= 15 is 0 Å². The van der Waals surface area contributed by atoms with Crippen LogP contribution in [0.3, 0.4) is 0 Å². The number of nitrogens with one attached hydrogen (secondary N) is 1. The Bertz CT molecular complexity index is 2210. The van der Waals surface area contributed by atoms with Crippen LogP contribution in [0.5, 0.6) is 17.2 Å². The summed E-state index contributed by atoms with van der Waals surface area (Å²) in [7, 11) is -3.30. The number of nitrogens with two attached hydrogens (primary N) is 1. The summed E-state index contributed by atoms with van der Waals surface area (Å²) in [6, 6.07) is 18.5. The molecule has 0 radical (unpaired) electrons. The fraction of sp³-hybridized carbons (Fsp3) is 0.306. The lowest BCUT2D eigenvalue weighted by molar-refractivity contribution is 0.0811. The normalized spacial score (nSPS) is 15.9. The zero-order valence-corrected chi connectivity index (χ0v) is 30.2. The van der Waals surface area contributed by atoms with Gasteiger partial charge >= 0.3 is 0 Å². The van der Waals surface area contributed by atoms with Gasteiger partial charge in [-0.25, -0.2) is 26.2 Å². The molecule has 1 saturated carbocycles. The van der Waals surface area contributed by atoms with E-state index in [1.807, 2.05) is 55.5 Å². The predicted octanol–water partition coefficient (Wildman–Crippen LogP) is 7.16. The highest BCUT2D eigenvalue weighted by atomic mass is 127. The monoisotopic (exact) mass is 815 g/mol. The first-order valence-electron chi connectivity index (χ1n) is 16.2. The fourth-order valence-electron chi connectivity index (χ4n) is 6.46. The quantitative estimate of drug-likeness (QED) is 0.101. The minimum absolute atomic E-state index is 0.103. The molecule has 2 aliphatic rings. The van der Waals surface area contributed by atoms with Gasteiger partial charge in [0.25, 0.3) is 6.43 Å². The Morgan fingerprint density at radius 2 is 1.84 bits per heavy atom. The second kappa shape index (κ2) is 13.9. The Hall–Kier alpha value is -4.15. The summed E-state index contributed by atoms with van der Waals surface area (Å²) in [5, 5.41) is 4.75. The van der Waals surface area contributed by atoms with Crippen LogP contribution in [0.25, 0.3) is 16.6 Å². The van der Waals surface area contributed by atoms with Gasteiger partial charge in [0.1, 0.15) is 29.7 Å². The Balaban J connectivity index is 1.13. The third-order valence-corrected chi connectivity index (χ3v) is 13.3. The third-order valence-electron chi connectivity index (χ3n) is 9.22. The first-order chi connectivity index (χ1) is 24.0. The molecule has 10 nitrogen and oxygen atoms in total. The van der Waals surface area contributed by atoms with Crippen molar-refractivity contribution >= 4 is 57.8 Å². The molecule has 3 N–H and O–H groups in total. The lowest BCUT2D eigenvalue weighted by Gasteiger charge is -2.32. The number of hydrogen-bond donors (Lipinski definition) is 2. The molecule has 50 heavy (non-hydrogen) atoms. The first kappa shape index (κ1) is 34.3. The zero-order valence-electron chi connectivity index (χ0n) is 27.2. The molecule has 7 rings (SSSR count).